The summed E-state index contributed by atoms with van der Waals surface area (Å²) < 4.78 is 15.6. The average molecular weight is 462 g/mol. The molecule has 0 aromatic heterocycles. The Morgan fingerprint density at radius 1 is 1.29 bits per heavy atom. The molecule has 110 valence electrons. The van der Waals surface area contributed by atoms with Crippen LogP contribution in [0.1, 0.15) is 28.9 Å². The van der Waals surface area contributed by atoms with Crippen molar-refractivity contribution in [2.24, 2.45) is 0 Å². The van der Waals surface area contributed by atoms with E-state index in [9.17, 15) is 9.18 Å². The lowest BCUT2D eigenvalue weighted by molar-refractivity contribution is 0.0739. The molecule has 1 amide bonds. The predicted molar refractivity (Wildman–Crippen MR) is 93.8 cm³/mol. The first-order valence-corrected chi connectivity index (χ1v) is 8.25. The fraction of sp³-hybridized carbons (Fsp3) is 0.188. The monoisotopic (exact) mass is 461 g/mol. The van der Waals surface area contributed by atoms with Gasteiger partial charge in [0, 0.05) is 20.7 Å². The number of halogens is 3. The van der Waals surface area contributed by atoms with Crippen LogP contribution in [0.2, 0.25) is 0 Å². The quantitative estimate of drug-likeness (QED) is 0.587. The lowest BCUT2D eigenvalue weighted by Gasteiger charge is -2.26. The first-order valence-electron chi connectivity index (χ1n) is 6.38. The number of carbonyl (C=O) groups is 1. The molecule has 0 heterocycles. The molecule has 0 saturated carbocycles. The molecule has 21 heavy (non-hydrogen) atoms. The third-order valence-corrected chi connectivity index (χ3v) is 4.78. The Morgan fingerprint density at radius 3 is 2.62 bits per heavy atom. The summed E-state index contributed by atoms with van der Waals surface area (Å²) in [6.07, 6.45) is 0. The average Bonchev–Trinajstić information content (AvgIpc) is 2.48. The molecule has 2 nitrogen and oxygen atoms in total. The van der Waals surface area contributed by atoms with Crippen molar-refractivity contribution in [3.05, 3.63) is 67.5 Å². The van der Waals surface area contributed by atoms with E-state index in [0.717, 1.165) is 8.04 Å². The summed E-state index contributed by atoms with van der Waals surface area (Å²) >= 11 is 5.56. The predicted octanol–water partition coefficient (Wildman–Crippen LogP) is 5.03. The van der Waals surface area contributed by atoms with Gasteiger partial charge in [-0.05, 0) is 69.7 Å². The number of benzene rings is 2. The van der Waals surface area contributed by atoms with E-state index in [0.29, 0.717) is 11.1 Å². The molecule has 5 heteroatoms. The van der Waals surface area contributed by atoms with Gasteiger partial charge in [0.2, 0.25) is 0 Å². The van der Waals surface area contributed by atoms with Crippen molar-refractivity contribution in [2.45, 2.75) is 13.0 Å². The Bertz CT molecular complexity index is 677. The molecule has 0 radical (unpaired) electrons. The molecule has 0 saturated heterocycles. The van der Waals surface area contributed by atoms with Crippen molar-refractivity contribution in [3.63, 3.8) is 0 Å². The molecule has 0 aliphatic heterocycles. The van der Waals surface area contributed by atoms with Crippen LogP contribution in [0.3, 0.4) is 0 Å². The Hall–Kier alpha value is -0.950. The lowest BCUT2D eigenvalue weighted by Crippen LogP contribution is -2.30. The smallest absolute Gasteiger partial charge is 0.255 e. The van der Waals surface area contributed by atoms with E-state index in [4.69, 9.17) is 0 Å². The summed E-state index contributed by atoms with van der Waals surface area (Å²) in [4.78, 5) is 14.2. The van der Waals surface area contributed by atoms with Gasteiger partial charge in [-0.3, -0.25) is 4.79 Å². The molecule has 2 rings (SSSR count). The van der Waals surface area contributed by atoms with Crippen LogP contribution in [-0.2, 0) is 0 Å². The van der Waals surface area contributed by atoms with Gasteiger partial charge in [-0.25, -0.2) is 4.39 Å². The number of hydrogen-bond acceptors (Lipinski definition) is 1. The van der Waals surface area contributed by atoms with E-state index in [1.54, 1.807) is 30.1 Å². The summed E-state index contributed by atoms with van der Waals surface area (Å²) in [5.74, 6) is -0.442. The van der Waals surface area contributed by atoms with Crippen molar-refractivity contribution in [1.29, 1.82) is 0 Å². The summed E-state index contributed by atoms with van der Waals surface area (Å²) in [7, 11) is 1.69. The van der Waals surface area contributed by atoms with Crippen molar-refractivity contribution >= 4 is 44.4 Å². The fourth-order valence-corrected chi connectivity index (χ4v) is 2.96. The van der Waals surface area contributed by atoms with Crippen LogP contribution in [0.15, 0.2) is 46.9 Å². The molecule has 2 aromatic rings. The van der Waals surface area contributed by atoms with Crippen molar-refractivity contribution < 1.29 is 9.18 Å². The molecule has 0 N–H and O–H groups in total. The number of amides is 1. The number of carbonyl (C=O) groups excluding carboxylic acids is 1. The summed E-state index contributed by atoms with van der Waals surface area (Å²) in [5, 5.41) is 0. The van der Waals surface area contributed by atoms with Gasteiger partial charge >= 0.3 is 0 Å². The van der Waals surface area contributed by atoms with Crippen molar-refractivity contribution in [1.82, 2.24) is 4.90 Å². The largest absolute Gasteiger partial charge is 0.335 e. The number of nitrogens with zero attached hydrogens (tertiary/aromatic N) is 1. The van der Waals surface area contributed by atoms with E-state index < -0.39 is 0 Å². The zero-order chi connectivity index (χ0) is 15.6. The van der Waals surface area contributed by atoms with Crippen LogP contribution in [0.25, 0.3) is 0 Å². The Balaban J connectivity index is 2.31. The highest BCUT2D eigenvalue weighted by Gasteiger charge is 2.22. The zero-order valence-corrected chi connectivity index (χ0v) is 15.4. The fourth-order valence-electron chi connectivity index (χ4n) is 2.05. The Kier molecular flexibility index (Phi) is 5.37. The van der Waals surface area contributed by atoms with Gasteiger partial charge in [-0.2, -0.15) is 0 Å². The van der Waals surface area contributed by atoms with E-state index in [-0.39, 0.29) is 17.8 Å². The first-order chi connectivity index (χ1) is 9.91. The summed E-state index contributed by atoms with van der Waals surface area (Å²) in [5.41, 5.74) is 1.09. The second kappa shape index (κ2) is 6.87. The van der Waals surface area contributed by atoms with Crippen molar-refractivity contribution in [2.75, 3.05) is 7.05 Å². The van der Waals surface area contributed by atoms with Gasteiger partial charge in [0.1, 0.15) is 5.82 Å². The van der Waals surface area contributed by atoms with Gasteiger partial charge in [-0.1, -0.05) is 18.2 Å². The SMILES string of the molecule is CC(c1ccccc1F)N(C)C(=O)c1cc(I)ccc1Br. The molecule has 2 aromatic carbocycles. The minimum absolute atomic E-state index is 0.142. The van der Waals surface area contributed by atoms with E-state index in [2.05, 4.69) is 38.5 Å². The normalized spacial score (nSPS) is 12.0. The highest BCUT2D eigenvalue weighted by atomic mass is 127. The number of rotatable bonds is 3. The molecule has 0 bridgehead atoms. The molecular weight excluding hydrogens is 448 g/mol. The highest BCUT2D eigenvalue weighted by Crippen LogP contribution is 2.26. The third kappa shape index (κ3) is 3.63. The van der Waals surface area contributed by atoms with E-state index >= 15 is 0 Å². The van der Waals surface area contributed by atoms with Crippen LogP contribution < -0.4 is 0 Å². The maximum absolute atomic E-state index is 13.9. The highest BCUT2D eigenvalue weighted by molar-refractivity contribution is 14.1. The molecule has 0 aliphatic carbocycles. The minimum atomic E-state index is -0.344. The van der Waals surface area contributed by atoms with Gasteiger partial charge < -0.3 is 4.90 Å². The van der Waals surface area contributed by atoms with Gasteiger partial charge in [-0.15, -0.1) is 0 Å². The standard InChI is InChI=1S/C16H14BrFINO/c1-10(12-5-3-4-6-15(12)18)20(2)16(21)13-9-11(19)7-8-14(13)17/h3-10H,1-2H3. The van der Waals surface area contributed by atoms with Crippen LogP contribution >= 0.6 is 38.5 Å². The topological polar surface area (TPSA) is 20.3 Å². The van der Waals surface area contributed by atoms with Crippen LogP contribution in [0.4, 0.5) is 4.39 Å². The van der Waals surface area contributed by atoms with Crippen LogP contribution in [0, 0.1) is 9.39 Å². The Labute approximate surface area is 145 Å². The first kappa shape index (κ1) is 16.4. The molecule has 1 atom stereocenters. The van der Waals surface area contributed by atoms with Gasteiger partial charge in [0.15, 0.2) is 0 Å². The van der Waals surface area contributed by atoms with Gasteiger partial charge in [0.25, 0.3) is 5.91 Å². The summed E-state index contributed by atoms with van der Waals surface area (Å²) in [6, 6.07) is 11.8. The molecular formula is C16H14BrFINO. The summed E-state index contributed by atoms with van der Waals surface area (Å²) in [6.45, 7) is 1.82. The second-order valence-electron chi connectivity index (χ2n) is 4.74. The van der Waals surface area contributed by atoms with Crippen LogP contribution in [0.5, 0.6) is 0 Å². The van der Waals surface area contributed by atoms with Crippen molar-refractivity contribution in [3.8, 4) is 0 Å². The van der Waals surface area contributed by atoms with Crippen LogP contribution in [-0.4, -0.2) is 17.9 Å². The molecule has 0 spiro atoms. The number of hydrogen-bond donors (Lipinski definition) is 0. The Morgan fingerprint density at radius 2 is 1.95 bits per heavy atom. The zero-order valence-electron chi connectivity index (χ0n) is 11.6. The molecule has 1 unspecified atom stereocenters. The minimum Gasteiger partial charge on any atom is -0.335 e. The second-order valence-corrected chi connectivity index (χ2v) is 6.84. The van der Waals surface area contributed by atoms with E-state index in [1.165, 1.54) is 6.07 Å². The molecule has 0 aliphatic rings. The lowest BCUT2D eigenvalue weighted by atomic mass is 10.1. The molecule has 0 fully saturated rings. The maximum Gasteiger partial charge on any atom is 0.255 e. The third-order valence-electron chi connectivity index (χ3n) is 3.42. The maximum atomic E-state index is 13.9. The van der Waals surface area contributed by atoms with E-state index in [1.807, 2.05) is 25.1 Å². The van der Waals surface area contributed by atoms with Gasteiger partial charge in [0.05, 0.1) is 11.6 Å².